The van der Waals surface area contributed by atoms with Crippen molar-refractivity contribution in [3.63, 3.8) is 0 Å². The first-order valence-electron chi connectivity index (χ1n) is 8.75. The molecule has 1 aliphatic heterocycles. The molecule has 1 heterocycles. The number of benzene rings is 1. The third-order valence-corrected chi connectivity index (χ3v) is 5.11. The smallest absolute Gasteiger partial charge is 0.343 e. The summed E-state index contributed by atoms with van der Waals surface area (Å²) in [6.45, 7) is 8.51. The van der Waals surface area contributed by atoms with Crippen LogP contribution in [0.2, 0.25) is 0 Å². The van der Waals surface area contributed by atoms with Crippen LogP contribution in [-0.4, -0.2) is 29.4 Å². The van der Waals surface area contributed by atoms with Crippen LogP contribution in [0.25, 0.3) is 5.57 Å². The molecule has 3 rings (SSSR count). The van der Waals surface area contributed by atoms with Gasteiger partial charge in [0.1, 0.15) is 5.57 Å². The second kappa shape index (κ2) is 6.25. The number of carbonyl (C=O) groups excluding carboxylic acids is 1. The van der Waals surface area contributed by atoms with Crippen LogP contribution in [0.1, 0.15) is 54.9 Å². The van der Waals surface area contributed by atoms with Gasteiger partial charge in [0.05, 0.1) is 12.7 Å². The van der Waals surface area contributed by atoms with Gasteiger partial charge in [-0.05, 0) is 70.1 Å². The van der Waals surface area contributed by atoms with Gasteiger partial charge in [-0.1, -0.05) is 17.7 Å². The van der Waals surface area contributed by atoms with E-state index in [0.717, 1.165) is 16.7 Å². The number of hydrogen-bond donors (Lipinski definition) is 1. The first-order chi connectivity index (χ1) is 11.4. The van der Waals surface area contributed by atoms with E-state index in [0.29, 0.717) is 43.6 Å². The van der Waals surface area contributed by atoms with E-state index < -0.39 is 5.60 Å². The molecule has 24 heavy (non-hydrogen) atoms. The van der Waals surface area contributed by atoms with Crippen molar-refractivity contribution in [2.75, 3.05) is 6.61 Å². The van der Waals surface area contributed by atoms with E-state index in [-0.39, 0.29) is 12.1 Å². The molecule has 0 aromatic heterocycles. The van der Waals surface area contributed by atoms with Gasteiger partial charge in [-0.2, -0.15) is 0 Å². The summed E-state index contributed by atoms with van der Waals surface area (Å²) in [5, 5.41) is 9.84. The quantitative estimate of drug-likeness (QED) is 0.861. The number of ether oxygens (including phenoxy) is 2. The zero-order valence-corrected chi connectivity index (χ0v) is 14.9. The minimum atomic E-state index is -0.703. The van der Waals surface area contributed by atoms with Gasteiger partial charge in [0.25, 0.3) is 0 Å². The van der Waals surface area contributed by atoms with Crippen molar-refractivity contribution in [2.45, 2.75) is 65.1 Å². The van der Waals surface area contributed by atoms with Crippen LogP contribution in [0.4, 0.5) is 0 Å². The van der Waals surface area contributed by atoms with Crippen molar-refractivity contribution in [3.05, 3.63) is 40.1 Å². The van der Waals surface area contributed by atoms with E-state index >= 15 is 0 Å². The third-order valence-electron chi connectivity index (χ3n) is 5.11. The minimum Gasteiger partial charge on any atom is -0.493 e. The van der Waals surface area contributed by atoms with E-state index in [4.69, 9.17) is 9.47 Å². The molecule has 0 radical (unpaired) electrons. The van der Waals surface area contributed by atoms with Crippen molar-refractivity contribution in [3.8, 4) is 0 Å². The third kappa shape index (κ3) is 2.73. The van der Waals surface area contributed by atoms with Gasteiger partial charge in [0, 0.05) is 0 Å². The molecule has 0 saturated heterocycles. The predicted octanol–water partition coefficient (Wildman–Crippen LogP) is 3.59. The van der Waals surface area contributed by atoms with Gasteiger partial charge < -0.3 is 14.6 Å². The predicted molar refractivity (Wildman–Crippen MR) is 92.5 cm³/mol. The number of aryl methyl sites for hydroxylation is 3. The zero-order valence-electron chi connectivity index (χ0n) is 14.9. The lowest BCUT2D eigenvalue weighted by molar-refractivity contribution is -0.152. The maximum Gasteiger partial charge on any atom is 0.343 e. The Balaban J connectivity index is 2.16. The largest absolute Gasteiger partial charge is 0.493 e. The number of aliphatic hydroxyl groups is 1. The fraction of sp³-hybridized carbons (Fsp3) is 0.550. The highest BCUT2D eigenvalue weighted by Crippen LogP contribution is 2.48. The molecule has 1 aromatic rings. The molecule has 0 amide bonds. The first kappa shape index (κ1) is 17.0. The highest BCUT2D eigenvalue weighted by atomic mass is 16.6. The summed E-state index contributed by atoms with van der Waals surface area (Å²) in [7, 11) is 0. The molecule has 0 unspecified atom stereocenters. The fourth-order valence-electron chi connectivity index (χ4n) is 4.13. The maximum absolute atomic E-state index is 12.8. The molecule has 0 bridgehead atoms. The molecular weight excluding hydrogens is 304 g/mol. The Labute approximate surface area is 143 Å². The Bertz CT molecular complexity index is 671. The minimum absolute atomic E-state index is 0.301. The Kier molecular flexibility index (Phi) is 4.43. The molecule has 4 heteroatoms. The van der Waals surface area contributed by atoms with E-state index in [9.17, 15) is 9.90 Å². The monoisotopic (exact) mass is 330 g/mol. The Morgan fingerprint density at radius 1 is 1.21 bits per heavy atom. The van der Waals surface area contributed by atoms with Crippen molar-refractivity contribution in [2.24, 2.45) is 0 Å². The topological polar surface area (TPSA) is 55.8 Å². The fourth-order valence-corrected chi connectivity index (χ4v) is 4.13. The van der Waals surface area contributed by atoms with Gasteiger partial charge in [-0.15, -0.1) is 0 Å². The van der Waals surface area contributed by atoms with Crippen LogP contribution in [0, 0.1) is 20.8 Å². The van der Waals surface area contributed by atoms with Gasteiger partial charge >= 0.3 is 5.97 Å². The lowest BCUT2D eigenvalue weighted by Gasteiger charge is -2.35. The van der Waals surface area contributed by atoms with Crippen molar-refractivity contribution >= 4 is 11.5 Å². The average Bonchev–Trinajstić information content (AvgIpc) is 2.75. The second-order valence-electron chi connectivity index (χ2n) is 7.03. The number of hydrogen-bond acceptors (Lipinski definition) is 4. The molecule has 1 fully saturated rings. The SMILES string of the molecule is CCOC1=C(c2c(C)cc(C)cc2C)C(=O)OC12CCC(O)CC2. The lowest BCUT2D eigenvalue weighted by Crippen LogP contribution is -2.39. The Hall–Kier alpha value is -1.81. The molecular formula is C20H26O4. The number of carbonyl (C=O) groups is 1. The van der Waals surface area contributed by atoms with Crippen LogP contribution in [0.5, 0.6) is 0 Å². The summed E-state index contributed by atoms with van der Waals surface area (Å²) in [4.78, 5) is 12.8. The van der Waals surface area contributed by atoms with E-state index in [1.807, 2.05) is 20.8 Å². The molecule has 130 valence electrons. The van der Waals surface area contributed by atoms with Gasteiger partial charge in [-0.25, -0.2) is 4.79 Å². The normalized spacial score (nSPS) is 26.9. The summed E-state index contributed by atoms with van der Waals surface area (Å²) in [5.74, 6) is 0.363. The van der Waals surface area contributed by atoms with Crippen molar-refractivity contribution in [1.82, 2.24) is 0 Å². The molecule has 1 aliphatic carbocycles. The highest BCUT2D eigenvalue weighted by molar-refractivity contribution is 6.20. The van der Waals surface area contributed by atoms with Crippen LogP contribution < -0.4 is 0 Å². The summed E-state index contributed by atoms with van der Waals surface area (Å²) in [6, 6.07) is 4.17. The maximum atomic E-state index is 12.8. The molecule has 0 atom stereocenters. The first-order valence-corrected chi connectivity index (χ1v) is 8.75. The average molecular weight is 330 g/mol. The summed E-state index contributed by atoms with van der Waals surface area (Å²) in [5.41, 5.74) is 4.09. The number of aliphatic hydroxyl groups excluding tert-OH is 1. The van der Waals surface area contributed by atoms with Crippen LogP contribution >= 0.6 is 0 Å². The zero-order chi connectivity index (χ0) is 17.5. The van der Waals surface area contributed by atoms with Gasteiger partial charge in [0.15, 0.2) is 11.4 Å². The summed E-state index contributed by atoms with van der Waals surface area (Å²) >= 11 is 0. The van der Waals surface area contributed by atoms with E-state index in [2.05, 4.69) is 19.1 Å². The van der Waals surface area contributed by atoms with Gasteiger partial charge in [0.2, 0.25) is 0 Å². The lowest BCUT2D eigenvalue weighted by atomic mass is 9.80. The molecule has 1 saturated carbocycles. The van der Waals surface area contributed by atoms with Crippen molar-refractivity contribution < 1.29 is 19.4 Å². The van der Waals surface area contributed by atoms with Crippen LogP contribution in [0.15, 0.2) is 17.9 Å². The summed E-state index contributed by atoms with van der Waals surface area (Å²) in [6.07, 6.45) is 2.17. The van der Waals surface area contributed by atoms with Gasteiger partial charge in [-0.3, -0.25) is 0 Å². The second-order valence-corrected chi connectivity index (χ2v) is 7.03. The Morgan fingerprint density at radius 2 is 1.79 bits per heavy atom. The summed E-state index contributed by atoms with van der Waals surface area (Å²) < 4.78 is 11.8. The van der Waals surface area contributed by atoms with Crippen LogP contribution in [-0.2, 0) is 14.3 Å². The van der Waals surface area contributed by atoms with E-state index in [1.54, 1.807) is 0 Å². The molecule has 2 aliphatic rings. The van der Waals surface area contributed by atoms with E-state index in [1.165, 1.54) is 5.56 Å². The molecule has 1 aromatic carbocycles. The molecule has 1 N–H and O–H groups in total. The highest BCUT2D eigenvalue weighted by Gasteiger charge is 2.51. The molecule has 1 spiro atoms. The number of rotatable bonds is 3. The van der Waals surface area contributed by atoms with Crippen LogP contribution in [0.3, 0.4) is 0 Å². The molecule has 4 nitrogen and oxygen atoms in total. The van der Waals surface area contributed by atoms with Crippen molar-refractivity contribution in [1.29, 1.82) is 0 Å². The number of esters is 1. The standard InChI is InChI=1S/C20H26O4/c1-5-23-18-17(16-13(3)10-12(2)11-14(16)4)19(22)24-20(18)8-6-15(21)7-9-20/h10-11,15,21H,5-9H2,1-4H3. The Morgan fingerprint density at radius 3 is 2.33 bits per heavy atom.